The van der Waals surface area contributed by atoms with E-state index in [9.17, 15) is 4.39 Å². The van der Waals surface area contributed by atoms with Gasteiger partial charge in [-0.1, -0.05) is 24.8 Å². The molecule has 0 unspecified atom stereocenters. The van der Waals surface area contributed by atoms with Gasteiger partial charge in [-0.25, -0.2) is 4.39 Å². The minimum Gasteiger partial charge on any atom is -0.338 e. The molecule has 0 N–H and O–H groups in total. The molecule has 4 nitrogen and oxygen atoms in total. The molecule has 3 aromatic rings. The van der Waals surface area contributed by atoms with E-state index in [-0.39, 0.29) is 17.9 Å². The Morgan fingerprint density at radius 1 is 1.13 bits per heavy atom. The summed E-state index contributed by atoms with van der Waals surface area (Å²) in [5.74, 6) is 0.864. The van der Waals surface area contributed by atoms with E-state index in [4.69, 9.17) is 4.99 Å². The second-order valence-electron chi connectivity index (χ2n) is 7.97. The van der Waals surface area contributed by atoms with E-state index >= 15 is 0 Å². The van der Waals surface area contributed by atoms with E-state index in [1.165, 1.54) is 23.4 Å². The average Bonchev–Trinajstić information content (AvgIpc) is 3.41. The fraction of sp³-hybridized carbons (Fsp3) is 0.333. The number of amidine groups is 1. The molecule has 2 aliphatic heterocycles. The molecule has 30 heavy (non-hydrogen) atoms. The van der Waals surface area contributed by atoms with Crippen molar-refractivity contribution < 1.29 is 4.39 Å². The number of hydrogen-bond donors (Lipinski definition) is 0. The molecule has 4 heterocycles. The van der Waals surface area contributed by atoms with Crippen LogP contribution in [0.25, 0.3) is 5.69 Å². The average molecular weight is 421 g/mol. The number of halogens is 1. The molecule has 1 aromatic carbocycles. The van der Waals surface area contributed by atoms with Crippen LogP contribution in [-0.2, 0) is 0 Å². The van der Waals surface area contributed by atoms with E-state index < -0.39 is 0 Å². The molecule has 0 saturated carbocycles. The highest BCUT2D eigenvalue weighted by molar-refractivity contribution is 8.14. The summed E-state index contributed by atoms with van der Waals surface area (Å²) in [6.07, 6.45) is 2.94. The van der Waals surface area contributed by atoms with Gasteiger partial charge in [0.2, 0.25) is 0 Å². The SMILES string of the molecule is CC[C@@H]1CSC2=N[C@@H](c3ccccn3)[C@@H](c3cc(C)n(-c4ccc(F)cc4)c3C)N21. The van der Waals surface area contributed by atoms with Gasteiger partial charge >= 0.3 is 0 Å². The van der Waals surface area contributed by atoms with Gasteiger partial charge in [0, 0.05) is 35.1 Å². The third-order valence-electron chi connectivity index (χ3n) is 6.20. The monoisotopic (exact) mass is 420 g/mol. The molecule has 0 aliphatic carbocycles. The van der Waals surface area contributed by atoms with Gasteiger partial charge in [-0.05, 0) is 68.3 Å². The van der Waals surface area contributed by atoms with Crippen LogP contribution < -0.4 is 0 Å². The molecule has 0 amide bonds. The molecule has 1 saturated heterocycles. The summed E-state index contributed by atoms with van der Waals surface area (Å²) in [6.45, 7) is 6.52. The smallest absolute Gasteiger partial charge is 0.160 e. The fourth-order valence-electron chi connectivity index (χ4n) is 4.76. The summed E-state index contributed by atoms with van der Waals surface area (Å²) in [6, 6.07) is 15.6. The van der Waals surface area contributed by atoms with Crippen LogP contribution in [0.15, 0.2) is 59.7 Å². The van der Waals surface area contributed by atoms with Gasteiger partial charge in [-0.3, -0.25) is 9.98 Å². The first kappa shape index (κ1) is 19.4. The van der Waals surface area contributed by atoms with E-state index in [1.807, 2.05) is 42.2 Å². The molecular weight excluding hydrogens is 395 g/mol. The summed E-state index contributed by atoms with van der Waals surface area (Å²) < 4.78 is 15.7. The highest BCUT2D eigenvalue weighted by Gasteiger charge is 2.46. The largest absolute Gasteiger partial charge is 0.338 e. The van der Waals surface area contributed by atoms with Crippen LogP contribution >= 0.6 is 11.8 Å². The normalized spacial score (nSPS) is 23.0. The topological polar surface area (TPSA) is 33.4 Å². The highest BCUT2D eigenvalue weighted by atomic mass is 32.2. The number of pyridine rings is 1. The third kappa shape index (κ3) is 3.05. The fourth-order valence-corrected chi connectivity index (χ4v) is 6.10. The summed E-state index contributed by atoms with van der Waals surface area (Å²) >= 11 is 1.86. The van der Waals surface area contributed by atoms with E-state index in [0.717, 1.165) is 34.4 Å². The number of aliphatic imine (C=N–C) groups is 1. The Hall–Kier alpha value is -2.60. The zero-order chi connectivity index (χ0) is 20.8. The Labute approximate surface area is 180 Å². The maximum Gasteiger partial charge on any atom is 0.160 e. The van der Waals surface area contributed by atoms with Gasteiger partial charge in [0.25, 0.3) is 0 Å². The van der Waals surface area contributed by atoms with E-state index in [0.29, 0.717) is 6.04 Å². The predicted octanol–water partition coefficient (Wildman–Crippen LogP) is 5.61. The minimum absolute atomic E-state index is 0.0229. The Kier molecular flexibility index (Phi) is 4.89. The number of nitrogens with zero attached hydrogens (tertiary/aromatic N) is 4. The number of hydrogen-bond acceptors (Lipinski definition) is 4. The Balaban J connectivity index is 1.63. The predicted molar refractivity (Wildman–Crippen MR) is 121 cm³/mol. The molecule has 5 rings (SSSR count). The summed E-state index contributed by atoms with van der Waals surface area (Å²) in [4.78, 5) is 12.3. The molecule has 1 fully saturated rings. The van der Waals surface area contributed by atoms with Gasteiger partial charge in [-0.15, -0.1) is 0 Å². The number of fused-ring (bicyclic) bond motifs is 1. The Bertz CT molecular complexity index is 1090. The van der Waals surface area contributed by atoms with Crippen molar-refractivity contribution in [2.75, 3.05) is 5.75 Å². The van der Waals surface area contributed by atoms with Crippen molar-refractivity contribution in [2.45, 2.75) is 45.3 Å². The molecular formula is C24H25FN4S. The molecule has 0 spiro atoms. The maximum absolute atomic E-state index is 13.5. The lowest BCUT2D eigenvalue weighted by Crippen LogP contribution is -2.35. The lowest BCUT2D eigenvalue weighted by atomic mass is 9.95. The standard InChI is InChI=1S/C24H25FN4S/c1-4-18-14-30-24-27-22(21-7-5-6-12-26-21)23(29(18)24)20-13-15(2)28(16(20)3)19-10-8-17(25)9-11-19/h5-13,18,22-23H,4,14H2,1-3H3/t18-,22+,23-/m1/s1. The summed E-state index contributed by atoms with van der Waals surface area (Å²) in [5, 5.41) is 1.13. The van der Waals surface area contributed by atoms with Gasteiger partial charge in [0.15, 0.2) is 5.17 Å². The van der Waals surface area contributed by atoms with Gasteiger partial charge < -0.3 is 9.47 Å². The second-order valence-corrected chi connectivity index (χ2v) is 8.96. The Morgan fingerprint density at radius 3 is 2.63 bits per heavy atom. The molecule has 0 bridgehead atoms. The van der Waals surface area contributed by atoms with Crippen LogP contribution in [0, 0.1) is 19.7 Å². The second kappa shape index (κ2) is 7.58. The van der Waals surface area contributed by atoms with Crippen molar-refractivity contribution in [2.24, 2.45) is 4.99 Å². The molecule has 154 valence electrons. The summed E-state index contributed by atoms with van der Waals surface area (Å²) in [7, 11) is 0. The minimum atomic E-state index is -0.217. The van der Waals surface area contributed by atoms with Crippen LogP contribution in [0.2, 0.25) is 0 Å². The molecule has 3 atom stereocenters. The lowest BCUT2D eigenvalue weighted by molar-refractivity contribution is 0.254. The van der Waals surface area contributed by atoms with Crippen molar-refractivity contribution in [1.29, 1.82) is 0 Å². The van der Waals surface area contributed by atoms with Crippen LogP contribution in [0.1, 0.15) is 48.1 Å². The Morgan fingerprint density at radius 2 is 1.93 bits per heavy atom. The first-order valence-electron chi connectivity index (χ1n) is 10.4. The molecule has 2 aliphatic rings. The third-order valence-corrected chi connectivity index (χ3v) is 7.33. The number of aryl methyl sites for hydroxylation is 1. The summed E-state index contributed by atoms with van der Waals surface area (Å²) in [5.41, 5.74) is 5.57. The molecule has 2 aromatic heterocycles. The van der Waals surface area contributed by atoms with Crippen LogP contribution in [0.4, 0.5) is 4.39 Å². The quantitative estimate of drug-likeness (QED) is 0.550. The zero-order valence-electron chi connectivity index (χ0n) is 17.4. The maximum atomic E-state index is 13.5. The van der Waals surface area contributed by atoms with Crippen LogP contribution in [-0.4, -0.2) is 31.4 Å². The first-order valence-corrected chi connectivity index (χ1v) is 11.4. The zero-order valence-corrected chi connectivity index (χ0v) is 18.2. The number of rotatable bonds is 4. The molecule has 0 radical (unpaired) electrons. The first-order chi connectivity index (χ1) is 14.6. The van der Waals surface area contributed by atoms with Crippen LogP contribution in [0.3, 0.4) is 0 Å². The van der Waals surface area contributed by atoms with Gasteiger partial charge in [0.05, 0.1) is 11.7 Å². The highest BCUT2D eigenvalue weighted by Crippen LogP contribution is 2.49. The van der Waals surface area contributed by atoms with Gasteiger partial charge in [-0.2, -0.15) is 0 Å². The van der Waals surface area contributed by atoms with Crippen molar-refractivity contribution in [3.63, 3.8) is 0 Å². The number of thioether (sulfide) groups is 1. The number of aromatic nitrogens is 2. The van der Waals surface area contributed by atoms with E-state index in [1.54, 1.807) is 0 Å². The van der Waals surface area contributed by atoms with Crippen molar-refractivity contribution in [3.8, 4) is 5.69 Å². The van der Waals surface area contributed by atoms with Crippen molar-refractivity contribution in [1.82, 2.24) is 14.5 Å². The van der Waals surface area contributed by atoms with Gasteiger partial charge in [0.1, 0.15) is 11.9 Å². The van der Waals surface area contributed by atoms with E-state index in [2.05, 4.69) is 47.4 Å². The van der Waals surface area contributed by atoms with Crippen LogP contribution in [0.5, 0.6) is 0 Å². The lowest BCUT2D eigenvalue weighted by Gasteiger charge is -2.32. The molecule has 6 heteroatoms. The van der Waals surface area contributed by atoms with Crippen molar-refractivity contribution in [3.05, 3.63) is 83.2 Å². The van der Waals surface area contributed by atoms with Crippen molar-refractivity contribution >= 4 is 16.9 Å². The number of benzene rings is 1.